The molecule has 5 nitrogen and oxygen atoms in total. The van der Waals surface area contributed by atoms with Gasteiger partial charge in [-0.2, -0.15) is 0 Å². The van der Waals surface area contributed by atoms with Crippen LogP contribution in [0, 0.1) is 0 Å². The van der Waals surface area contributed by atoms with E-state index >= 15 is 0 Å². The summed E-state index contributed by atoms with van der Waals surface area (Å²) in [6.45, 7) is 2.54. The fourth-order valence-corrected chi connectivity index (χ4v) is 3.32. The van der Waals surface area contributed by atoms with Crippen LogP contribution in [0.1, 0.15) is 41.6 Å². The van der Waals surface area contributed by atoms with Gasteiger partial charge in [-0.3, -0.25) is 4.79 Å². The number of carbonyl (C=O) groups is 1. The van der Waals surface area contributed by atoms with Crippen molar-refractivity contribution in [2.24, 2.45) is 0 Å². The number of amides is 1. The molecule has 1 aliphatic heterocycles. The number of hydrogen-bond acceptors (Lipinski definition) is 4. The molecule has 1 fully saturated rings. The molecule has 0 atom stereocenters. The zero-order valence-electron chi connectivity index (χ0n) is 15.0. The first-order valence-electron chi connectivity index (χ1n) is 8.99. The normalized spacial score (nSPS) is 14.6. The van der Waals surface area contributed by atoms with Crippen molar-refractivity contribution in [1.29, 1.82) is 0 Å². The Kier molecular flexibility index (Phi) is 6.34. The Bertz CT molecular complexity index is 741. The van der Waals surface area contributed by atoms with Crippen LogP contribution in [0.25, 0.3) is 0 Å². The number of nitrogens with zero attached hydrogens (tertiary/aromatic N) is 2. The molecule has 1 aromatic carbocycles. The quantitative estimate of drug-likeness (QED) is 0.858. The molecule has 1 aliphatic rings. The van der Waals surface area contributed by atoms with E-state index in [-0.39, 0.29) is 5.91 Å². The Morgan fingerprint density at radius 1 is 1.19 bits per heavy atom. The molecule has 0 unspecified atom stereocenters. The van der Waals surface area contributed by atoms with E-state index < -0.39 is 0 Å². The predicted octanol–water partition coefficient (Wildman–Crippen LogP) is 4.05. The van der Waals surface area contributed by atoms with Gasteiger partial charge in [0.2, 0.25) is 0 Å². The zero-order valence-corrected chi connectivity index (χ0v) is 15.8. The van der Waals surface area contributed by atoms with Crippen molar-refractivity contribution in [3.8, 4) is 5.75 Å². The van der Waals surface area contributed by atoms with Gasteiger partial charge in [0, 0.05) is 30.9 Å². The van der Waals surface area contributed by atoms with Gasteiger partial charge in [0.25, 0.3) is 5.91 Å². The van der Waals surface area contributed by atoms with E-state index in [4.69, 9.17) is 16.3 Å². The lowest BCUT2D eigenvalue weighted by atomic mass is 10.2. The number of hydrogen-bond donors (Lipinski definition) is 1. The van der Waals surface area contributed by atoms with Gasteiger partial charge >= 0.3 is 0 Å². The number of anilines is 1. The topological polar surface area (TPSA) is 54.5 Å². The molecule has 3 rings (SSSR count). The number of aromatic nitrogens is 1. The van der Waals surface area contributed by atoms with Crippen molar-refractivity contribution < 1.29 is 9.53 Å². The highest BCUT2D eigenvalue weighted by Gasteiger charge is 2.14. The number of rotatable bonds is 5. The van der Waals surface area contributed by atoms with Gasteiger partial charge in [0.05, 0.1) is 12.7 Å². The number of methoxy groups -OCH3 is 1. The largest absolute Gasteiger partial charge is 0.496 e. The molecule has 0 spiro atoms. The summed E-state index contributed by atoms with van der Waals surface area (Å²) in [5, 5.41) is 3.39. The Labute approximate surface area is 159 Å². The molecular weight excluding hydrogens is 350 g/mol. The van der Waals surface area contributed by atoms with Crippen molar-refractivity contribution in [3.63, 3.8) is 0 Å². The summed E-state index contributed by atoms with van der Waals surface area (Å²) < 4.78 is 5.23. The summed E-state index contributed by atoms with van der Waals surface area (Å²) in [6, 6.07) is 9.04. The van der Waals surface area contributed by atoms with Crippen molar-refractivity contribution >= 4 is 23.3 Å². The van der Waals surface area contributed by atoms with Gasteiger partial charge in [-0.1, -0.05) is 30.5 Å². The maximum absolute atomic E-state index is 12.4. The van der Waals surface area contributed by atoms with Crippen LogP contribution in [0.3, 0.4) is 0 Å². The number of nitrogens with one attached hydrogen (secondary N) is 1. The van der Waals surface area contributed by atoms with E-state index in [2.05, 4.69) is 15.2 Å². The molecule has 1 N–H and O–H groups in total. The Morgan fingerprint density at radius 2 is 1.96 bits per heavy atom. The Balaban J connectivity index is 1.61. The summed E-state index contributed by atoms with van der Waals surface area (Å²) in [5.74, 6) is 1.29. The van der Waals surface area contributed by atoms with Crippen LogP contribution in [0.4, 0.5) is 5.82 Å². The second-order valence-corrected chi connectivity index (χ2v) is 6.89. The maximum atomic E-state index is 12.4. The van der Waals surface area contributed by atoms with Crippen LogP contribution in [-0.4, -0.2) is 31.1 Å². The second kappa shape index (κ2) is 8.90. The van der Waals surface area contributed by atoms with Crippen molar-refractivity contribution in [3.05, 3.63) is 52.7 Å². The molecule has 0 aliphatic carbocycles. The average molecular weight is 374 g/mol. The lowest BCUT2D eigenvalue weighted by Crippen LogP contribution is -2.25. The van der Waals surface area contributed by atoms with E-state index in [1.54, 1.807) is 18.2 Å². The van der Waals surface area contributed by atoms with E-state index in [0.29, 0.717) is 22.9 Å². The third-order valence-electron chi connectivity index (χ3n) is 4.60. The minimum absolute atomic E-state index is 0.221. The molecule has 0 bridgehead atoms. The first kappa shape index (κ1) is 18.5. The van der Waals surface area contributed by atoms with Crippen molar-refractivity contribution in [2.75, 3.05) is 25.1 Å². The number of ether oxygens (including phenoxy) is 1. The molecule has 1 aromatic heterocycles. The highest BCUT2D eigenvalue weighted by Crippen LogP contribution is 2.22. The van der Waals surface area contributed by atoms with Crippen molar-refractivity contribution in [1.82, 2.24) is 10.3 Å². The molecule has 138 valence electrons. The Morgan fingerprint density at radius 3 is 2.62 bits per heavy atom. The van der Waals surface area contributed by atoms with Gasteiger partial charge < -0.3 is 15.0 Å². The van der Waals surface area contributed by atoms with Crippen LogP contribution in [0.15, 0.2) is 36.5 Å². The minimum atomic E-state index is -0.221. The molecule has 26 heavy (non-hydrogen) atoms. The standard InChI is InChI=1S/C20H24ClN3O2/c1-26-18-8-7-16(21)12-17(18)20(25)23-14-15-6-9-19(22-13-15)24-10-4-2-3-5-11-24/h6-9,12-13H,2-5,10-11,14H2,1H3,(H,23,25). The fourth-order valence-electron chi connectivity index (χ4n) is 3.14. The van der Waals surface area contributed by atoms with Gasteiger partial charge in [0.15, 0.2) is 0 Å². The predicted molar refractivity (Wildman–Crippen MR) is 104 cm³/mol. The summed E-state index contributed by atoms with van der Waals surface area (Å²) >= 11 is 5.99. The second-order valence-electron chi connectivity index (χ2n) is 6.45. The van der Waals surface area contributed by atoms with Crippen LogP contribution in [-0.2, 0) is 6.54 Å². The van der Waals surface area contributed by atoms with Crippen LogP contribution < -0.4 is 15.0 Å². The zero-order chi connectivity index (χ0) is 18.4. The van der Waals surface area contributed by atoms with Gasteiger partial charge in [-0.15, -0.1) is 0 Å². The highest BCUT2D eigenvalue weighted by atomic mass is 35.5. The first-order valence-corrected chi connectivity index (χ1v) is 9.37. The number of pyridine rings is 1. The summed E-state index contributed by atoms with van der Waals surface area (Å²) in [7, 11) is 1.53. The number of carbonyl (C=O) groups excluding carboxylic acids is 1. The maximum Gasteiger partial charge on any atom is 0.255 e. The van der Waals surface area contributed by atoms with Crippen LogP contribution in [0.5, 0.6) is 5.75 Å². The number of halogens is 1. The lowest BCUT2D eigenvalue weighted by Gasteiger charge is -2.21. The molecule has 2 aromatic rings. The van der Waals surface area contributed by atoms with Crippen LogP contribution >= 0.6 is 11.6 Å². The lowest BCUT2D eigenvalue weighted by molar-refractivity contribution is 0.0948. The van der Waals surface area contributed by atoms with Crippen molar-refractivity contribution in [2.45, 2.75) is 32.2 Å². The first-order chi connectivity index (χ1) is 12.7. The molecule has 0 saturated carbocycles. The molecule has 6 heteroatoms. The third-order valence-corrected chi connectivity index (χ3v) is 4.83. The highest BCUT2D eigenvalue weighted by molar-refractivity contribution is 6.31. The monoisotopic (exact) mass is 373 g/mol. The van der Waals surface area contributed by atoms with E-state index in [1.807, 2.05) is 18.3 Å². The summed E-state index contributed by atoms with van der Waals surface area (Å²) in [5.41, 5.74) is 1.38. The van der Waals surface area contributed by atoms with Gasteiger partial charge in [-0.05, 0) is 42.7 Å². The molecule has 1 saturated heterocycles. The molecule has 1 amide bonds. The molecule has 0 radical (unpaired) electrons. The SMILES string of the molecule is COc1ccc(Cl)cc1C(=O)NCc1ccc(N2CCCCCC2)nc1. The van der Waals surface area contributed by atoms with Gasteiger partial charge in [0.1, 0.15) is 11.6 Å². The Hall–Kier alpha value is -2.27. The average Bonchev–Trinajstić information content (AvgIpc) is 2.96. The third kappa shape index (κ3) is 4.67. The minimum Gasteiger partial charge on any atom is -0.496 e. The molecular formula is C20H24ClN3O2. The van der Waals surface area contributed by atoms with Gasteiger partial charge in [-0.25, -0.2) is 4.98 Å². The van der Waals surface area contributed by atoms with Crippen LogP contribution in [0.2, 0.25) is 5.02 Å². The summed E-state index contributed by atoms with van der Waals surface area (Å²) in [6.07, 6.45) is 6.87. The number of benzene rings is 1. The van der Waals surface area contributed by atoms with E-state index in [9.17, 15) is 4.79 Å². The van der Waals surface area contributed by atoms with E-state index in [0.717, 1.165) is 24.5 Å². The molecule has 2 heterocycles. The smallest absolute Gasteiger partial charge is 0.255 e. The van der Waals surface area contributed by atoms with E-state index in [1.165, 1.54) is 32.8 Å². The fraction of sp³-hybridized carbons (Fsp3) is 0.400. The summed E-state index contributed by atoms with van der Waals surface area (Å²) in [4.78, 5) is 19.3.